The van der Waals surface area contributed by atoms with Gasteiger partial charge in [-0.2, -0.15) is 0 Å². The van der Waals surface area contributed by atoms with Crippen molar-refractivity contribution in [2.75, 3.05) is 0 Å². The minimum absolute atomic E-state index is 0.0399. The summed E-state index contributed by atoms with van der Waals surface area (Å²) in [6.45, 7) is 2.71. The number of aliphatic hydroxyl groups excluding tert-OH is 1. The molecule has 2 N–H and O–H groups in total. The zero-order valence-electron chi connectivity index (χ0n) is 11.6. The summed E-state index contributed by atoms with van der Waals surface area (Å²) in [6, 6.07) is 5.69. The second-order valence-electron chi connectivity index (χ2n) is 4.72. The van der Waals surface area contributed by atoms with Crippen LogP contribution in [0.15, 0.2) is 34.5 Å². The fourth-order valence-electron chi connectivity index (χ4n) is 1.97. The average Bonchev–Trinajstić information content (AvgIpc) is 2.95. The van der Waals surface area contributed by atoms with Gasteiger partial charge in [-0.3, -0.25) is 0 Å². The summed E-state index contributed by atoms with van der Waals surface area (Å²) in [7, 11) is -3.87. The molecule has 114 valence electrons. The Kier molecular flexibility index (Phi) is 4.77. The number of aliphatic hydroxyl groups is 1. The topological polar surface area (TPSA) is 66.4 Å². The molecule has 0 amide bonds. The van der Waals surface area contributed by atoms with Gasteiger partial charge in [0.05, 0.1) is 17.5 Å². The van der Waals surface area contributed by atoms with Crippen LogP contribution in [-0.4, -0.2) is 13.5 Å². The summed E-state index contributed by atoms with van der Waals surface area (Å²) in [6.07, 6.45) is 0. The molecule has 0 spiro atoms. The monoisotopic (exact) mass is 329 g/mol. The summed E-state index contributed by atoms with van der Waals surface area (Å²) in [5.74, 6) is -0.647. The van der Waals surface area contributed by atoms with Gasteiger partial charge in [-0.1, -0.05) is 6.07 Å². The third-order valence-electron chi connectivity index (χ3n) is 3.13. The molecule has 1 aromatic heterocycles. The Balaban J connectivity index is 2.38. The number of hydrogen-bond donors (Lipinski definition) is 2. The van der Waals surface area contributed by atoms with Crippen LogP contribution in [0.1, 0.15) is 29.0 Å². The normalized spacial score (nSPS) is 13.3. The van der Waals surface area contributed by atoms with Gasteiger partial charge in [-0.25, -0.2) is 17.5 Å². The van der Waals surface area contributed by atoms with E-state index < -0.39 is 28.5 Å². The van der Waals surface area contributed by atoms with Crippen LogP contribution in [0.25, 0.3) is 0 Å². The van der Waals surface area contributed by atoms with E-state index >= 15 is 0 Å². The molecule has 2 rings (SSSR count). The number of benzene rings is 1. The smallest absolute Gasteiger partial charge is 0.241 e. The van der Waals surface area contributed by atoms with Crippen molar-refractivity contribution in [3.8, 4) is 0 Å². The van der Waals surface area contributed by atoms with Gasteiger partial charge >= 0.3 is 0 Å². The van der Waals surface area contributed by atoms with Gasteiger partial charge in [0.15, 0.2) is 0 Å². The fourth-order valence-corrected chi connectivity index (χ4v) is 4.30. The highest BCUT2D eigenvalue weighted by molar-refractivity contribution is 7.89. The highest BCUT2D eigenvalue weighted by atomic mass is 32.2. The molecule has 0 aliphatic heterocycles. The molecule has 0 radical (unpaired) electrons. The van der Waals surface area contributed by atoms with E-state index in [4.69, 9.17) is 5.11 Å². The zero-order chi connectivity index (χ0) is 15.6. The second kappa shape index (κ2) is 6.23. The first kappa shape index (κ1) is 16.1. The Morgan fingerprint density at radius 2 is 2.14 bits per heavy atom. The van der Waals surface area contributed by atoms with Crippen molar-refractivity contribution in [2.45, 2.75) is 31.4 Å². The molecule has 0 aliphatic rings. The SMILES string of the molecule is Cc1c(F)cc(CO)cc1S(=O)(=O)NC(C)c1cccs1. The van der Waals surface area contributed by atoms with E-state index in [-0.39, 0.29) is 16.0 Å². The lowest BCUT2D eigenvalue weighted by Crippen LogP contribution is -2.27. The standard InChI is InChI=1S/C14H16FNO3S2/c1-9-12(15)6-11(8-17)7-14(9)21(18,19)16-10(2)13-4-3-5-20-13/h3-7,10,16-17H,8H2,1-2H3. The van der Waals surface area contributed by atoms with Crippen LogP contribution in [0.2, 0.25) is 0 Å². The van der Waals surface area contributed by atoms with E-state index in [9.17, 15) is 12.8 Å². The Morgan fingerprint density at radius 1 is 1.43 bits per heavy atom. The van der Waals surface area contributed by atoms with Crippen LogP contribution in [0, 0.1) is 12.7 Å². The van der Waals surface area contributed by atoms with E-state index in [1.165, 1.54) is 24.3 Å². The number of thiophene rings is 1. The lowest BCUT2D eigenvalue weighted by molar-refractivity contribution is 0.281. The molecule has 7 heteroatoms. The zero-order valence-corrected chi connectivity index (χ0v) is 13.3. The quantitative estimate of drug-likeness (QED) is 0.886. The first-order chi connectivity index (χ1) is 9.85. The first-order valence-electron chi connectivity index (χ1n) is 6.30. The van der Waals surface area contributed by atoms with Crippen molar-refractivity contribution in [1.29, 1.82) is 0 Å². The minimum Gasteiger partial charge on any atom is -0.392 e. The molecule has 0 aliphatic carbocycles. The molecule has 1 aromatic carbocycles. The molecule has 4 nitrogen and oxygen atoms in total. The molecule has 2 aromatic rings. The van der Waals surface area contributed by atoms with Gasteiger partial charge in [0.25, 0.3) is 0 Å². The average molecular weight is 329 g/mol. The molecule has 0 saturated carbocycles. The van der Waals surface area contributed by atoms with E-state index in [0.29, 0.717) is 0 Å². The van der Waals surface area contributed by atoms with Gasteiger partial charge in [-0.05, 0) is 43.0 Å². The largest absolute Gasteiger partial charge is 0.392 e. The van der Waals surface area contributed by atoms with Crippen LogP contribution in [0.3, 0.4) is 0 Å². The third kappa shape index (κ3) is 3.49. The minimum atomic E-state index is -3.87. The molecular weight excluding hydrogens is 313 g/mol. The van der Waals surface area contributed by atoms with E-state index in [2.05, 4.69) is 4.72 Å². The molecule has 0 fully saturated rings. The lowest BCUT2D eigenvalue weighted by Gasteiger charge is -2.15. The molecule has 0 bridgehead atoms. The van der Waals surface area contributed by atoms with Gasteiger partial charge in [-0.15, -0.1) is 11.3 Å². The predicted octanol–water partition coefficient (Wildman–Crippen LogP) is 2.73. The number of sulfonamides is 1. The van der Waals surface area contributed by atoms with Gasteiger partial charge < -0.3 is 5.11 Å². The summed E-state index contributed by atoms with van der Waals surface area (Å²) in [5.41, 5.74) is 0.264. The summed E-state index contributed by atoms with van der Waals surface area (Å²) < 4.78 is 41.1. The highest BCUT2D eigenvalue weighted by Crippen LogP contribution is 2.24. The van der Waals surface area contributed by atoms with Crippen LogP contribution in [0.5, 0.6) is 0 Å². The maximum atomic E-state index is 13.8. The van der Waals surface area contributed by atoms with Crippen molar-refractivity contribution in [1.82, 2.24) is 4.72 Å². The van der Waals surface area contributed by atoms with Crippen molar-refractivity contribution < 1.29 is 17.9 Å². The van der Waals surface area contributed by atoms with Crippen molar-refractivity contribution >= 4 is 21.4 Å². The number of halogens is 1. The van der Waals surface area contributed by atoms with Crippen LogP contribution < -0.4 is 4.72 Å². The summed E-state index contributed by atoms with van der Waals surface area (Å²) in [5, 5.41) is 11.0. The number of hydrogen-bond acceptors (Lipinski definition) is 4. The van der Waals surface area contributed by atoms with E-state index in [1.807, 2.05) is 17.5 Å². The second-order valence-corrected chi connectivity index (χ2v) is 7.38. The van der Waals surface area contributed by atoms with Crippen molar-refractivity contribution in [3.63, 3.8) is 0 Å². The first-order valence-corrected chi connectivity index (χ1v) is 8.67. The number of nitrogens with one attached hydrogen (secondary N) is 1. The predicted molar refractivity (Wildman–Crippen MR) is 80.1 cm³/mol. The van der Waals surface area contributed by atoms with Gasteiger partial charge in [0.2, 0.25) is 10.0 Å². The van der Waals surface area contributed by atoms with Crippen molar-refractivity contribution in [3.05, 3.63) is 51.5 Å². The highest BCUT2D eigenvalue weighted by Gasteiger charge is 2.23. The summed E-state index contributed by atoms with van der Waals surface area (Å²) >= 11 is 1.44. The van der Waals surface area contributed by atoms with Gasteiger partial charge in [0, 0.05) is 10.4 Å². The molecule has 1 unspecified atom stereocenters. The van der Waals surface area contributed by atoms with E-state index in [0.717, 1.165) is 10.9 Å². The van der Waals surface area contributed by atoms with Gasteiger partial charge in [0.1, 0.15) is 5.82 Å². The maximum Gasteiger partial charge on any atom is 0.241 e. The maximum absolute atomic E-state index is 13.8. The molecule has 1 heterocycles. The Morgan fingerprint density at radius 3 is 2.71 bits per heavy atom. The van der Waals surface area contributed by atoms with Crippen LogP contribution in [0.4, 0.5) is 4.39 Å². The van der Waals surface area contributed by atoms with E-state index in [1.54, 1.807) is 6.92 Å². The molecule has 0 saturated heterocycles. The Hall–Kier alpha value is -1.28. The third-order valence-corrected chi connectivity index (χ3v) is 5.85. The Labute approximate surface area is 127 Å². The fraction of sp³-hybridized carbons (Fsp3) is 0.286. The number of rotatable bonds is 5. The molecule has 1 atom stereocenters. The molecule has 21 heavy (non-hydrogen) atoms. The summed E-state index contributed by atoms with van der Waals surface area (Å²) in [4.78, 5) is 0.727. The Bertz CT molecular complexity index is 727. The van der Waals surface area contributed by atoms with Crippen molar-refractivity contribution in [2.24, 2.45) is 0 Å². The molecular formula is C14H16FNO3S2. The van der Waals surface area contributed by atoms with Crippen LogP contribution >= 0.6 is 11.3 Å². The lowest BCUT2D eigenvalue weighted by atomic mass is 10.1. The van der Waals surface area contributed by atoms with Crippen LogP contribution in [-0.2, 0) is 16.6 Å².